The Morgan fingerprint density at radius 1 is 0.435 bits per heavy atom. The summed E-state index contributed by atoms with van der Waals surface area (Å²) in [6, 6.07) is 0. The number of hydrogen-bond acceptors (Lipinski definition) is 4. The second-order valence-electron chi connectivity index (χ2n) is 14.0. The topological polar surface area (TPSA) is 47.7 Å². The van der Waals surface area contributed by atoms with Crippen molar-refractivity contribution in [1.82, 2.24) is 4.90 Å². The second-order valence-corrected chi connectivity index (χ2v) is 14.0. The quantitative estimate of drug-likeness (QED) is 0.0416. The maximum atomic E-state index is 6.10. The Bertz CT molecular complexity index is 575. The largest absolute Gasteiger partial charge is 0.381 e. The van der Waals surface area contributed by atoms with Gasteiger partial charge in [-0.3, -0.25) is 0 Å². The molecule has 276 valence electrons. The Labute approximate surface area is 291 Å². The third kappa shape index (κ3) is 50.2. The minimum Gasteiger partial charge on any atom is -0.381 e. The van der Waals surface area contributed by atoms with Gasteiger partial charge in [-0.2, -0.15) is 0 Å². The van der Waals surface area contributed by atoms with Crippen LogP contribution >= 0.6 is 0 Å². The monoisotopic (exact) mass is 651 g/mol. The number of unbranched alkanes of at least 4 members (excludes halogenated alkanes) is 24. The zero-order valence-corrected chi connectivity index (χ0v) is 32.4. The summed E-state index contributed by atoms with van der Waals surface area (Å²) in [5, 5.41) is 0. The Kier molecular flexibility index (Phi) is 45.7. The molecule has 0 rings (SSSR count). The number of nitrogens with zero attached hydrogens (tertiary/aromatic N) is 1. The standard InChI is InChI=1S/C39H77NO2.C3H9N/c1-3-5-7-9-11-13-15-17-19-21-23-25-27-29-31-33-36-41-38-35-39(40)42-37-34-32-30-28-26-24-22-20-18-16-14-12-10-8-6-4-2;1-4(2)3/h17-20,39H,3-16,21-38,40H2,1-2H3;1-3H3/b19-17-,20-18-;. The number of hydrogen-bond donors (Lipinski definition) is 1. The fourth-order valence-electron chi connectivity index (χ4n) is 5.42. The molecule has 1 atom stereocenters. The van der Waals surface area contributed by atoms with E-state index in [1.165, 1.54) is 173 Å². The van der Waals surface area contributed by atoms with Crippen molar-refractivity contribution in [3.63, 3.8) is 0 Å². The molecule has 0 aromatic heterocycles. The first kappa shape index (κ1) is 47.4. The van der Waals surface area contributed by atoms with E-state index in [0.717, 1.165) is 32.7 Å². The lowest BCUT2D eigenvalue weighted by molar-refractivity contribution is 0.0225. The van der Waals surface area contributed by atoms with E-state index in [9.17, 15) is 0 Å². The van der Waals surface area contributed by atoms with E-state index in [0.29, 0.717) is 0 Å². The molecule has 0 aromatic rings. The predicted molar refractivity (Wildman–Crippen MR) is 208 cm³/mol. The van der Waals surface area contributed by atoms with Gasteiger partial charge in [0.2, 0.25) is 0 Å². The van der Waals surface area contributed by atoms with Gasteiger partial charge in [0, 0.05) is 19.6 Å². The van der Waals surface area contributed by atoms with Crippen molar-refractivity contribution in [3.05, 3.63) is 24.3 Å². The van der Waals surface area contributed by atoms with Crippen molar-refractivity contribution in [2.45, 2.75) is 206 Å². The van der Waals surface area contributed by atoms with Crippen LogP contribution in [0.1, 0.15) is 200 Å². The van der Waals surface area contributed by atoms with Crippen molar-refractivity contribution in [1.29, 1.82) is 0 Å². The van der Waals surface area contributed by atoms with Crippen LogP contribution < -0.4 is 5.73 Å². The first-order valence-electron chi connectivity index (χ1n) is 20.4. The highest BCUT2D eigenvalue weighted by Gasteiger charge is 2.02. The Morgan fingerprint density at radius 3 is 1.11 bits per heavy atom. The highest BCUT2D eigenvalue weighted by atomic mass is 16.5. The molecular formula is C42H86N2O2. The van der Waals surface area contributed by atoms with Gasteiger partial charge in [0.1, 0.15) is 6.23 Å². The molecule has 4 heteroatoms. The summed E-state index contributed by atoms with van der Waals surface area (Å²) in [7, 11) is 6.00. The molecule has 0 amide bonds. The highest BCUT2D eigenvalue weighted by molar-refractivity contribution is 4.82. The maximum absolute atomic E-state index is 6.10. The molecule has 2 N–H and O–H groups in total. The van der Waals surface area contributed by atoms with Crippen LogP contribution in [0.15, 0.2) is 24.3 Å². The predicted octanol–water partition coefficient (Wildman–Crippen LogP) is 12.9. The summed E-state index contributed by atoms with van der Waals surface area (Å²) < 4.78 is 11.6. The van der Waals surface area contributed by atoms with E-state index >= 15 is 0 Å². The molecule has 1 unspecified atom stereocenters. The fourth-order valence-corrected chi connectivity index (χ4v) is 5.42. The second kappa shape index (κ2) is 44.3. The SMILES string of the molecule is CCCCCCCC/C=C\CCCCCCCCOCCC(N)OCCCCCCCC/C=C\CCCCCCCC.CN(C)C. The van der Waals surface area contributed by atoms with E-state index < -0.39 is 0 Å². The minimum atomic E-state index is -0.173. The first-order valence-corrected chi connectivity index (χ1v) is 20.4. The highest BCUT2D eigenvalue weighted by Crippen LogP contribution is 2.12. The molecule has 0 aliphatic rings. The Morgan fingerprint density at radius 2 is 0.739 bits per heavy atom. The third-order valence-corrected chi connectivity index (χ3v) is 8.34. The number of rotatable bonds is 36. The number of ether oxygens (including phenoxy) is 2. The summed E-state index contributed by atoms with van der Waals surface area (Å²) in [4.78, 5) is 2.00. The molecule has 0 saturated carbocycles. The number of allylic oxidation sites excluding steroid dienone is 4. The summed E-state index contributed by atoms with van der Waals surface area (Å²) in [5.74, 6) is 0. The van der Waals surface area contributed by atoms with E-state index in [1.807, 2.05) is 26.0 Å². The normalized spacial score (nSPS) is 12.4. The molecule has 0 fully saturated rings. The van der Waals surface area contributed by atoms with Crippen molar-refractivity contribution in [2.75, 3.05) is 41.0 Å². The van der Waals surface area contributed by atoms with Gasteiger partial charge in [-0.05, 0) is 85.4 Å². The van der Waals surface area contributed by atoms with Gasteiger partial charge in [-0.1, -0.05) is 154 Å². The summed E-state index contributed by atoms with van der Waals surface area (Å²) >= 11 is 0. The van der Waals surface area contributed by atoms with Crippen LogP contribution in [-0.4, -0.2) is 52.1 Å². The van der Waals surface area contributed by atoms with Crippen LogP contribution in [0.5, 0.6) is 0 Å². The van der Waals surface area contributed by atoms with E-state index in [1.54, 1.807) is 0 Å². The minimum absolute atomic E-state index is 0.173. The fraction of sp³-hybridized carbons (Fsp3) is 0.905. The zero-order valence-electron chi connectivity index (χ0n) is 32.4. The van der Waals surface area contributed by atoms with Crippen molar-refractivity contribution in [2.24, 2.45) is 5.73 Å². The molecule has 46 heavy (non-hydrogen) atoms. The zero-order chi connectivity index (χ0) is 34.0. The molecule has 0 bridgehead atoms. The molecule has 0 spiro atoms. The van der Waals surface area contributed by atoms with Gasteiger partial charge < -0.3 is 20.1 Å². The summed E-state index contributed by atoms with van der Waals surface area (Å²) in [6.07, 6.45) is 47.7. The van der Waals surface area contributed by atoms with Gasteiger partial charge in [-0.15, -0.1) is 0 Å². The van der Waals surface area contributed by atoms with E-state index in [4.69, 9.17) is 15.2 Å². The van der Waals surface area contributed by atoms with Gasteiger partial charge in [0.05, 0.1) is 6.61 Å². The maximum Gasteiger partial charge on any atom is 0.107 e. The van der Waals surface area contributed by atoms with Gasteiger partial charge in [0.15, 0.2) is 0 Å². The van der Waals surface area contributed by atoms with Crippen molar-refractivity contribution in [3.8, 4) is 0 Å². The Balaban J connectivity index is 0. The first-order chi connectivity index (χ1) is 22.5. The van der Waals surface area contributed by atoms with Crippen LogP contribution in [0.3, 0.4) is 0 Å². The van der Waals surface area contributed by atoms with Crippen LogP contribution in [0, 0.1) is 0 Å². The molecular weight excluding hydrogens is 564 g/mol. The smallest absolute Gasteiger partial charge is 0.107 e. The molecule has 0 aromatic carbocycles. The van der Waals surface area contributed by atoms with Gasteiger partial charge in [0.25, 0.3) is 0 Å². The average Bonchev–Trinajstić information content (AvgIpc) is 3.03. The lowest BCUT2D eigenvalue weighted by Crippen LogP contribution is -2.26. The molecule has 0 radical (unpaired) electrons. The van der Waals surface area contributed by atoms with Crippen molar-refractivity contribution >= 4 is 0 Å². The molecule has 4 nitrogen and oxygen atoms in total. The lowest BCUT2D eigenvalue weighted by Gasteiger charge is -2.13. The van der Waals surface area contributed by atoms with Crippen LogP contribution in [0.25, 0.3) is 0 Å². The molecule has 0 aliphatic carbocycles. The van der Waals surface area contributed by atoms with Crippen molar-refractivity contribution < 1.29 is 9.47 Å². The van der Waals surface area contributed by atoms with Crippen LogP contribution in [0.2, 0.25) is 0 Å². The van der Waals surface area contributed by atoms with E-state index in [-0.39, 0.29) is 6.23 Å². The van der Waals surface area contributed by atoms with Crippen LogP contribution in [-0.2, 0) is 9.47 Å². The summed E-state index contributed by atoms with van der Waals surface area (Å²) in [5.41, 5.74) is 6.10. The van der Waals surface area contributed by atoms with Gasteiger partial charge in [-0.25, -0.2) is 0 Å². The third-order valence-electron chi connectivity index (χ3n) is 8.34. The molecule has 0 heterocycles. The Hall–Kier alpha value is -0.680. The summed E-state index contributed by atoms with van der Waals surface area (Å²) in [6.45, 7) is 6.94. The average molecular weight is 651 g/mol. The number of nitrogens with two attached hydrogens (primary N) is 1. The lowest BCUT2D eigenvalue weighted by atomic mass is 10.1. The molecule has 0 saturated heterocycles. The van der Waals surface area contributed by atoms with Gasteiger partial charge >= 0.3 is 0 Å². The van der Waals surface area contributed by atoms with E-state index in [2.05, 4.69) is 38.2 Å². The molecule has 0 aliphatic heterocycles. The van der Waals surface area contributed by atoms with Crippen LogP contribution in [0.4, 0.5) is 0 Å².